The summed E-state index contributed by atoms with van der Waals surface area (Å²) in [4.78, 5) is 7.92. The van der Waals surface area contributed by atoms with Gasteiger partial charge in [-0.1, -0.05) is 17.7 Å². The first-order valence-corrected chi connectivity index (χ1v) is 4.27. The first-order valence-electron chi connectivity index (χ1n) is 4.27. The number of allylic oxidation sites excluding steroid dienone is 4. The Balaban J connectivity index is 2.86. The highest BCUT2D eigenvalue weighted by molar-refractivity contribution is 5.63. The molecular formula is C11H14N2. The summed E-state index contributed by atoms with van der Waals surface area (Å²) >= 11 is 0. The van der Waals surface area contributed by atoms with Crippen LogP contribution in [-0.4, -0.2) is 9.97 Å². The average molecular weight is 174 g/mol. The van der Waals surface area contributed by atoms with Crippen LogP contribution in [0, 0.1) is 0 Å². The Labute approximate surface area is 79.0 Å². The highest BCUT2D eigenvalue weighted by Crippen LogP contribution is 2.10. The molecule has 0 aliphatic heterocycles. The van der Waals surface area contributed by atoms with Crippen LogP contribution in [0.2, 0.25) is 0 Å². The van der Waals surface area contributed by atoms with E-state index in [1.54, 1.807) is 0 Å². The minimum absolute atomic E-state index is 1.07. The number of nitrogens with zero attached hydrogens (tertiary/aromatic N) is 2. The van der Waals surface area contributed by atoms with E-state index in [-0.39, 0.29) is 0 Å². The van der Waals surface area contributed by atoms with E-state index in [1.165, 1.54) is 17.5 Å². The van der Waals surface area contributed by atoms with Gasteiger partial charge in [-0.25, -0.2) is 9.97 Å². The topological polar surface area (TPSA) is 25.8 Å². The SMILES string of the molecule is CC(C)=C/C=C(\C)c1cncnc1. The van der Waals surface area contributed by atoms with E-state index in [0.717, 1.165) is 5.56 Å². The maximum absolute atomic E-state index is 3.96. The zero-order valence-electron chi connectivity index (χ0n) is 8.28. The van der Waals surface area contributed by atoms with Gasteiger partial charge in [0.15, 0.2) is 0 Å². The van der Waals surface area contributed by atoms with Crippen molar-refractivity contribution in [2.24, 2.45) is 0 Å². The van der Waals surface area contributed by atoms with Crippen LogP contribution in [0.15, 0.2) is 36.4 Å². The Morgan fingerprint density at radius 2 is 1.69 bits per heavy atom. The molecule has 0 unspecified atom stereocenters. The fourth-order valence-electron chi connectivity index (χ4n) is 0.891. The fourth-order valence-corrected chi connectivity index (χ4v) is 0.891. The van der Waals surface area contributed by atoms with E-state index >= 15 is 0 Å². The monoisotopic (exact) mass is 174 g/mol. The summed E-state index contributed by atoms with van der Waals surface area (Å²) in [6.07, 6.45) is 9.34. The van der Waals surface area contributed by atoms with E-state index in [9.17, 15) is 0 Å². The zero-order chi connectivity index (χ0) is 9.68. The second-order valence-electron chi connectivity index (χ2n) is 3.22. The molecule has 0 saturated carbocycles. The first kappa shape index (κ1) is 9.65. The summed E-state index contributed by atoms with van der Waals surface area (Å²) in [7, 11) is 0. The van der Waals surface area contributed by atoms with Gasteiger partial charge in [0.25, 0.3) is 0 Å². The molecule has 1 heterocycles. The van der Waals surface area contributed by atoms with Crippen LogP contribution in [0.3, 0.4) is 0 Å². The van der Waals surface area contributed by atoms with Gasteiger partial charge in [0, 0.05) is 18.0 Å². The molecule has 13 heavy (non-hydrogen) atoms. The number of hydrogen-bond acceptors (Lipinski definition) is 2. The van der Waals surface area contributed by atoms with Crippen LogP contribution >= 0.6 is 0 Å². The molecule has 2 nitrogen and oxygen atoms in total. The van der Waals surface area contributed by atoms with Crippen molar-refractivity contribution in [3.05, 3.63) is 42.0 Å². The lowest BCUT2D eigenvalue weighted by Gasteiger charge is -1.97. The van der Waals surface area contributed by atoms with Crippen molar-refractivity contribution >= 4 is 5.57 Å². The van der Waals surface area contributed by atoms with Gasteiger partial charge in [0.1, 0.15) is 6.33 Å². The molecule has 1 rings (SSSR count). The maximum Gasteiger partial charge on any atom is 0.115 e. The third-order valence-electron chi connectivity index (χ3n) is 1.68. The van der Waals surface area contributed by atoms with Gasteiger partial charge >= 0.3 is 0 Å². The summed E-state index contributed by atoms with van der Waals surface area (Å²) < 4.78 is 0. The van der Waals surface area contributed by atoms with Crippen LogP contribution in [-0.2, 0) is 0 Å². The molecule has 68 valence electrons. The van der Waals surface area contributed by atoms with Crippen LogP contribution in [0.1, 0.15) is 26.3 Å². The largest absolute Gasteiger partial charge is 0.244 e. The summed E-state index contributed by atoms with van der Waals surface area (Å²) in [5.41, 5.74) is 3.54. The molecule has 0 aliphatic carbocycles. The van der Waals surface area contributed by atoms with Crippen molar-refractivity contribution in [1.29, 1.82) is 0 Å². The van der Waals surface area contributed by atoms with E-state index in [4.69, 9.17) is 0 Å². The molecule has 0 radical (unpaired) electrons. The zero-order valence-corrected chi connectivity index (χ0v) is 8.28. The Morgan fingerprint density at radius 3 is 2.23 bits per heavy atom. The van der Waals surface area contributed by atoms with E-state index in [1.807, 2.05) is 12.4 Å². The summed E-state index contributed by atoms with van der Waals surface area (Å²) in [6.45, 7) is 6.20. The van der Waals surface area contributed by atoms with Gasteiger partial charge in [-0.05, 0) is 26.3 Å². The average Bonchev–Trinajstić information content (AvgIpc) is 2.15. The van der Waals surface area contributed by atoms with Gasteiger partial charge in [-0.2, -0.15) is 0 Å². The van der Waals surface area contributed by atoms with Gasteiger partial charge in [-0.15, -0.1) is 0 Å². The van der Waals surface area contributed by atoms with Crippen molar-refractivity contribution in [2.45, 2.75) is 20.8 Å². The molecule has 0 atom stereocenters. The lowest BCUT2D eigenvalue weighted by atomic mass is 10.1. The third kappa shape index (κ3) is 3.20. The summed E-state index contributed by atoms with van der Waals surface area (Å²) in [5, 5.41) is 0. The smallest absolute Gasteiger partial charge is 0.115 e. The van der Waals surface area contributed by atoms with E-state index < -0.39 is 0 Å². The Bertz CT molecular complexity index is 319. The Hall–Kier alpha value is -1.44. The van der Waals surface area contributed by atoms with Crippen molar-refractivity contribution in [3.63, 3.8) is 0 Å². The Morgan fingerprint density at radius 1 is 1.08 bits per heavy atom. The molecule has 0 aromatic carbocycles. The highest BCUT2D eigenvalue weighted by atomic mass is 14.8. The van der Waals surface area contributed by atoms with Gasteiger partial charge in [-0.3, -0.25) is 0 Å². The molecule has 1 aromatic rings. The van der Waals surface area contributed by atoms with Crippen molar-refractivity contribution < 1.29 is 0 Å². The van der Waals surface area contributed by atoms with Gasteiger partial charge in [0.05, 0.1) is 0 Å². The number of rotatable bonds is 2. The molecule has 2 heteroatoms. The second-order valence-corrected chi connectivity index (χ2v) is 3.22. The molecule has 0 fully saturated rings. The minimum Gasteiger partial charge on any atom is -0.244 e. The summed E-state index contributed by atoms with van der Waals surface area (Å²) in [5.74, 6) is 0. The predicted molar refractivity (Wildman–Crippen MR) is 55.1 cm³/mol. The number of hydrogen-bond donors (Lipinski definition) is 0. The molecule has 0 N–H and O–H groups in total. The maximum atomic E-state index is 3.96. The van der Waals surface area contributed by atoms with Crippen molar-refractivity contribution in [3.8, 4) is 0 Å². The van der Waals surface area contributed by atoms with E-state index in [0.29, 0.717) is 0 Å². The fraction of sp³-hybridized carbons (Fsp3) is 0.273. The molecule has 0 aliphatic rings. The first-order chi connectivity index (χ1) is 6.20. The molecule has 0 amide bonds. The third-order valence-corrected chi connectivity index (χ3v) is 1.68. The molecule has 0 spiro atoms. The Kier molecular flexibility index (Phi) is 3.38. The molecule has 0 bridgehead atoms. The van der Waals surface area contributed by atoms with E-state index in [2.05, 4.69) is 42.9 Å². The van der Waals surface area contributed by atoms with Crippen LogP contribution < -0.4 is 0 Å². The molecule has 0 saturated heterocycles. The second kappa shape index (κ2) is 4.55. The predicted octanol–water partition coefficient (Wildman–Crippen LogP) is 2.85. The molecular weight excluding hydrogens is 160 g/mol. The number of aromatic nitrogens is 2. The van der Waals surface area contributed by atoms with Crippen LogP contribution in [0.25, 0.3) is 5.57 Å². The van der Waals surface area contributed by atoms with Crippen molar-refractivity contribution in [2.75, 3.05) is 0 Å². The lowest BCUT2D eigenvalue weighted by molar-refractivity contribution is 1.15. The molecule has 1 aromatic heterocycles. The highest BCUT2D eigenvalue weighted by Gasteiger charge is 1.92. The van der Waals surface area contributed by atoms with Crippen LogP contribution in [0.5, 0.6) is 0 Å². The normalized spacial score (nSPS) is 11.2. The van der Waals surface area contributed by atoms with Gasteiger partial charge in [0.2, 0.25) is 0 Å². The minimum atomic E-state index is 1.07. The quantitative estimate of drug-likeness (QED) is 0.644. The summed E-state index contributed by atoms with van der Waals surface area (Å²) in [6, 6.07) is 0. The van der Waals surface area contributed by atoms with Crippen LogP contribution in [0.4, 0.5) is 0 Å². The standard InChI is InChI=1S/C11H14N2/c1-9(2)4-5-10(3)11-6-12-8-13-7-11/h4-8H,1-3H3/b10-5+. The van der Waals surface area contributed by atoms with Crippen molar-refractivity contribution in [1.82, 2.24) is 9.97 Å². The lowest BCUT2D eigenvalue weighted by Crippen LogP contribution is -1.83. The van der Waals surface area contributed by atoms with Gasteiger partial charge < -0.3 is 0 Å².